The van der Waals surface area contributed by atoms with Crippen LogP contribution in [0.15, 0.2) is 71.6 Å². The van der Waals surface area contributed by atoms with Gasteiger partial charge in [0.2, 0.25) is 5.91 Å². The van der Waals surface area contributed by atoms with E-state index in [2.05, 4.69) is 5.32 Å². The molecule has 0 radical (unpaired) electrons. The summed E-state index contributed by atoms with van der Waals surface area (Å²) in [6.45, 7) is 2.21. The Hall–Kier alpha value is -4.31. The zero-order valence-corrected chi connectivity index (χ0v) is 21.5. The number of hydrogen-bond acceptors (Lipinski definition) is 7. The number of rotatable bonds is 10. The zero-order valence-electron chi connectivity index (χ0n) is 20.7. The first-order valence-electron chi connectivity index (χ1n) is 11.7. The molecule has 3 amide bonds. The minimum absolute atomic E-state index is 0.186. The van der Waals surface area contributed by atoms with Gasteiger partial charge in [0, 0.05) is 5.69 Å². The third-order valence-corrected chi connectivity index (χ3v) is 6.32. The molecule has 1 fully saturated rings. The number of ether oxygens (including phenoxy) is 3. The van der Waals surface area contributed by atoms with Gasteiger partial charge in [-0.25, -0.2) is 4.39 Å². The van der Waals surface area contributed by atoms with Crippen LogP contribution in [0.1, 0.15) is 18.1 Å². The van der Waals surface area contributed by atoms with Gasteiger partial charge < -0.3 is 19.5 Å². The predicted molar refractivity (Wildman–Crippen MR) is 143 cm³/mol. The Morgan fingerprint density at radius 1 is 1.00 bits per heavy atom. The topological polar surface area (TPSA) is 94.2 Å². The average Bonchev–Trinajstić information content (AvgIpc) is 3.17. The molecule has 0 saturated carbocycles. The van der Waals surface area contributed by atoms with Crippen molar-refractivity contribution in [3.05, 3.63) is 88.6 Å². The second-order valence-corrected chi connectivity index (χ2v) is 9.09. The Morgan fingerprint density at radius 2 is 1.74 bits per heavy atom. The van der Waals surface area contributed by atoms with Gasteiger partial charge in [-0.15, -0.1) is 0 Å². The fraction of sp³-hybridized carbons (Fsp3) is 0.179. The molecule has 1 saturated heterocycles. The number of imide groups is 1. The number of anilines is 1. The van der Waals surface area contributed by atoms with Crippen LogP contribution in [0.3, 0.4) is 0 Å². The average molecular weight is 537 g/mol. The molecule has 4 rings (SSSR count). The number of amides is 3. The molecule has 0 spiro atoms. The van der Waals surface area contributed by atoms with E-state index in [1.165, 1.54) is 19.2 Å². The Balaban J connectivity index is 1.39. The van der Waals surface area contributed by atoms with Gasteiger partial charge in [-0.3, -0.25) is 19.3 Å². The van der Waals surface area contributed by atoms with Crippen LogP contribution in [0.4, 0.5) is 14.9 Å². The normalized spacial score (nSPS) is 14.1. The van der Waals surface area contributed by atoms with Gasteiger partial charge >= 0.3 is 0 Å². The monoisotopic (exact) mass is 536 g/mol. The number of carbonyl (C=O) groups excluding carboxylic acids is 3. The van der Waals surface area contributed by atoms with Crippen LogP contribution in [0.2, 0.25) is 0 Å². The maximum Gasteiger partial charge on any atom is 0.294 e. The van der Waals surface area contributed by atoms with E-state index in [0.717, 1.165) is 22.2 Å². The highest BCUT2D eigenvalue weighted by molar-refractivity contribution is 8.18. The van der Waals surface area contributed by atoms with Crippen LogP contribution >= 0.6 is 11.8 Å². The van der Waals surface area contributed by atoms with Crippen molar-refractivity contribution in [1.29, 1.82) is 0 Å². The van der Waals surface area contributed by atoms with Crippen LogP contribution in [-0.2, 0) is 16.2 Å². The molecule has 3 aromatic carbocycles. The predicted octanol–water partition coefficient (Wildman–Crippen LogP) is 5.49. The number of thioether (sulfide) groups is 1. The highest BCUT2D eigenvalue weighted by Crippen LogP contribution is 2.34. The smallest absolute Gasteiger partial charge is 0.294 e. The molecule has 0 aliphatic carbocycles. The van der Waals surface area contributed by atoms with Gasteiger partial charge in [0.15, 0.2) is 11.5 Å². The Morgan fingerprint density at radius 3 is 2.42 bits per heavy atom. The highest BCUT2D eigenvalue weighted by atomic mass is 32.2. The summed E-state index contributed by atoms with van der Waals surface area (Å²) in [7, 11) is 1.49. The van der Waals surface area contributed by atoms with E-state index in [0.29, 0.717) is 35.1 Å². The molecule has 8 nitrogen and oxygen atoms in total. The standard InChI is InChI=1S/C28H25FN2O6S/c1-3-36-22-11-9-21(10-12-22)30-26(32)16-31-27(33)25(38-28(31)34)15-19-6-13-23(24(14-19)35-2)37-17-18-4-7-20(29)8-5-18/h4-15H,3,16-17H2,1-2H3,(H,30,32)/b25-15+. The van der Waals surface area contributed by atoms with Crippen molar-refractivity contribution >= 4 is 40.6 Å². The lowest BCUT2D eigenvalue weighted by Crippen LogP contribution is -2.36. The lowest BCUT2D eigenvalue weighted by atomic mass is 10.1. The fourth-order valence-electron chi connectivity index (χ4n) is 3.57. The molecule has 1 N–H and O–H groups in total. The van der Waals surface area contributed by atoms with Gasteiger partial charge in [-0.2, -0.15) is 0 Å². The largest absolute Gasteiger partial charge is 0.494 e. The number of hydrogen-bond donors (Lipinski definition) is 1. The number of methoxy groups -OCH3 is 1. The van der Waals surface area contributed by atoms with Gasteiger partial charge in [0.1, 0.15) is 24.7 Å². The number of benzene rings is 3. The molecule has 1 aliphatic rings. The first-order chi connectivity index (χ1) is 18.4. The maximum absolute atomic E-state index is 13.1. The van der Waals surface area contributed by atoms with Crippen molar-refractivity contribution < 1.29 is 33.0 Å². The number of carbonyl (C=O) groups is 3. The molecule has 1 heterocycles. The van der Waals surface area contributed by atoms with E-state index in [1.807, 2.05) is 6.92 Å². The van der Waals surface area contributed by atoms with E-state index < -0.39 is 23.6 Å². The second-order valence-electron chi connectivity index (χ2n) is 8.10. The fourth-order valence-corrected chi connectivity index (χ4v) is 4.41. The summed E-state index contributed by atoms with van der Waals surface area (Å²) in [6, 6.07) is 17.8. The first kappa shape index (κ1) is 26.7. The molecule has 1 aliphatic heterocycles. The van der Waals surface area contributed by atoms with Crippen molar-refractivity contribution in [1.82, 2.24) is 4.90 Å². The maximum atomic E-state index is 13.1. The SMILES string of the molecule is CCOc1ccc(NC(=O)CN2C(=O)S/C(=C/c3ccc(OCc4ccc(F)cc4)c(OC)c3)C2=O)cc1. The summed E-state index contributed by atoms with van der Waals surface area (Å²) in [5, 5.41) is 2.14. The van der Waals surface area contributed by atoms with Crippen LogP contribution in [-0.4, -0.2) is 42.2 Å². The molecule has 0 bridgehead atoms. The summed E-state index contributed by atoms with van der Waals surface area (Å²) >= 11 is 0.758. The molecular formula is C28H25FN2O6S. The van der Waals surface area contributed by atoms with Crippen LogP contribution in [0, 0.1) is 5.82 Å². The minimum atomic E-state index is -0.558. The molecule has 196 valence electrons. The number of halogens is 1. The van der Waals surface area contributed by atoms with Crippen molar-refractivity contribution in [3.63, 3.8) is 0 Å². The van der Waals surface area contributed by atoms with Crippen molar-refractivity contribution in [2.24, 2.45) is 0 Å². The lowest BCUT2D eigenvalue weighted by Gasteiger charge is -2.13. The van der Waals surface area contributed by atoms with E-state index in [9.17, 15) is 18.8 Å². The Kier molecular flexibility index (Phi) is 8.65. The van der Waals surface area contributed by atoms with Gasteiger partial charge in [0.25, 0.3) is 11.1 Å². The molecule has 10 heteroatoms. The summed E-state index contributed by atoms with van der Waals surface area (Å²) in [4.78, 5) is 38.9. The van der Waals surface area contributed by atoms with Crippen LogP contribution in [0.5, 0.6) is 17.2 Å². The molecule has 38 heavy (non-hydrogen) atoms. The van der Waals surface area contributed by atoms with Crippen LogP contribution in [0.25, 0.3) is 6.08 Å². The van der Waals surface area contributed by atoms with E-state index >= 15 is 0 Å². The Labute approximate surface area is 223 Å². The summed E-state index contributed by atoms with van der Waals surface area (Å²) in [5.74, 6) is 0.182. The van der Waals surface area contributed by atoms with Gasteiger partial charge in [0.05, 0.1) is 18.6 Å². The number of nitrogens with zero attached hydrogens (tertiary/aromatic N) is 1. The van der Waals surface area contributed by atoms with Gasteiger partial charge in [-0.05, 0) is 84.4 Å². The van der Waals surface area contributed by atoms with Gasteiger partial charge in [-0.1, -0.05) is 18.2 Å². The van der Waals surface area contributed by atoms with E-state index in [-0.39, 0.29) is 17.3 Å². The minimum Gasteiger partial charge on any atom is -0.494 e. The molecule has 0 unspecified atom stereocenters. The van der Waals surface area contributed by atoms with Crippen molar-refractivity contribution in [3.8, 4) is 17.2 Å². The molecule has 0 atom stereocenters. The summed E-state index contributed by atoms with van der Waals surface area (Å²) < 4.78 is 29.7. The molecule has 3 aromatic rings. The Bertz CT molecular complexity index is 1360. The van der Waals surface area contributed by atoms with Crippen LogP contribution < -0.4 is 19.5 Å². The second kappa shape index (κ2) is 12.3. The third-order valence-electron chi connectivity index (χ3n) is 5.42. The first-order valence-corrected chi connectivity index (χ1v) is 12.5. The zero-order chi connectivity index (χ0) is 27.1. The molecular weight excluding hydrogens is 511 g/mol. The van der Waals surface area contributed by atoms with Crippen molar-refractivity contribution in [2.75, 3.05) is 25.6 Å². The highest BCUT2D eigenvalue weighted by Gasteiger charge is 2.36. The lowest BCUT2D eigenvalue weighted by molar-refractivity contribution is -0.127. The summed E-state index contributed by atoms with van der Waals surface area (Å²) in [5.41, 5.74) is 1.92. The van der Waals surface area contributed by atoms with Crippen molar-refractivity contribution in [2.45, 2.75) is 13.5 Å². The molecule has 0 aromatic heterocycles. The number of nitrogens with one attached hydrogen (secondary N) is 1. The third kappa shape index (κ3) is 6.71. The summed E-state index contributed by atoms with van der Waals surface area (Å²) in [6.07, 6.45) is 1.56. The van der Waals surface area contributed by atoms with E-state index in [1.54, 1.807) is 60.7 Å². The quantitative estimate of drug-likeness (QED) is 0.343. The van der Waals surface area contributed by atoms with E-state index in [4.69, 9.17) is 14.2 Å².